The highest BCUT2D eigenvalue weighted by Gasteiger charge is 2.28. The van der Waals surface area contributed by atoms with Gasteiger partial charge in [-0.3, -0.25) is 9.59 Å². The van der Waals surface area contributed by atoms with Crippen LogP contribution in [0.5, 0.6) is 0 Å². The first-order chi connectivity index (χ1) is 14.5. The molecule has 0 aliphatic rings. The average Bonchev–Trinajstić information content (AvgIpc) is 2.77. The fourth-order valence-electron chi connectivity index (χ4n) is 3.24. The van der Waals surface area contributed by atoms with Gasteiger partial charge in [0.1, 0.15) is 6.04 Å². The molecule has 0 spiro atoms. The van der Waals surface area contributed by atoms with Crippen molar-refractivity contribution >= 4 is 23.6 Å². The molecule has 0 aliphatic carbocycles. The lowest BCUT2D eigenvalue weighted by atomic mass is 10.1. The molecule has 4 nitrogen and oxygen atoms in total. The second-order valence-electron chi connectivity index (χ2n) is 7.51. The van der Waals surface area contributed by atoms with Crippen LogP contribution in [0.1, 0.15) is 49.8 Å². The molecule has 1 atom stereocenters. The summed E-state index contributed by atoms with van der Waals surface area (Å²) in [6, 6.07) is 18.0. The first-order valence-corrected chi connectivity index (χ1v) is 11.9. The molecule has 0 aromatic heterocycles. The Labute approximate surface area is 185 Å². The van der Waals surface area contributed by atoms with Crippen LogP contribution in [0.4, 0.5) is 0 Å². The molecule has 0 unspecified atom stereocenters. The van der Waals surface area contributed by atoms with E-state index in [0.717, 1.165) is 23.5 Å². The summed E-state index contributed by atoms with van der Waals surface area (Å²) in [6.45, 7) is 7.13. The van der Waals surface area contributed by atoms with Crippen LogP contribution >= 0.6 is 11.8 Å². The second-order valence-corrected chi connectivity index (χ2v) is 8.62. The lowest BCUT2D eigenvalue weighted by Gasteiger charge is -2.30. The van der Waals surface area contributed by atoms with E-state index in [9.17, 15) is 9.59 Å². The van der Waals surface area contributed by atoms with Gasteiger partial charge in [-0.15, -0.1) is 0 Å². The largest absolute Gasteiger partial charge is 0.354 e. The smallest absolute Gasteiger partial charge is 0.242 e. The van der Waals surface area contributed by atoms with Crippen LogP contribution in [0.15, 0.2) is 54.6 Å². The number of carbonyl (C=O) groups is 2. The molecule has 2 aromatic rings. The van der Waals surface area contributed by atoms with Crippen molar-refractivity contribution in [1.29, 1.82) is 0 Å². The Morgan fingerprint density at radius 2 is 1.70 bits per heavy atom. The highest BCUT2D eigenvalue weighted by atomic mass is 32.2. The van der Waals surface area contributed by atoms with E-state index in [1.165, 1.54) is 11.1 Å². The predicted molar refractivity (Wildman–Crippen MR) is 126 cm³/mol. The van der Waals surface area contributed by atoms with Gasteiger partial charge in [-0.25, -0.2) is 0 Å². The molecule has 0 bridgehead atoms. The van der Waals surface area contributed by atoms with Gasteiger partial charge < -0.3 is 10.2 Å². The minimum atomic E-state index is -0.440. The normalized spacial score (nSPS) is 11.7. The van der Waals surface area contributed by atoms with Gasteiger partial charge in [0.05, 0.1) is 0 Å². The number of aryl methyl sites for hydroxylation is 1. The van der Waals surface area contributed by atoms with Crippen LogP contribution in [-0.2, 0) is 21.9 Å². The average molecular weight is 427 g/mol. The van der Waals surface area contributed by atoms with Gasteiger partial charge >= 0.3 is 0 Å². The maximum atomic E-state index is 13.1. The third-order valence-corrected chi connectivity index (χ3v) is 6.01. The Morgan fingerprint density at radius 3 is 2.33 bits per heavy atom. The number of carbonyl (C=O) groups excluding carboxylic acids is 2. The van der Waals surface area contributed by atoms with Crippen molar-refractivity contribution in [2.45, 2.75) is 58.4 Å². The monoisotopic (exact) mass is 426 g/mol. The summed E-state index contributed by atoms with van der Waals surface area (Å²) in [5.41, 5.74) is 3.49. The van der Waals surface area contributed by atoms with E-state index in [2.05, 4.69) is 17.4 Å². The molecule has 5 heteroatoms. The van der Waals surface area contributed by atoms with Crippen molar-refractivity contribution in [2.24, 2.45) is 0 Å². The Morgan fingerprint density at radius 1 is 1.00 bits per heavy atom. The van der Waals surface area contributed by atoms with E-state index < -0.39 is 6.04 Å². The van der Waals surface area contributed by atoms with Crippen molar-refractivity contribution in [2.75, 3.05) is 12.3 Å². The van der Waals surface area contributed by atoms with Gasteiger partial charge in [0, 0.05) is 31.0 Å². The maximum absolute atomic E-state index is 13.1. The summed E-state index contributed by atoms with van der Waals surface area (Å²) < 4.78 is 0. The third kappa shape index (κ3) is 7.86. The summed E-state index contributed by atoms with van der Waals surface area (Å²) in [5, 5.41) is 2.96. The molecule has 162 valence electrons. The molecule has 0 fully saturated rings. The Bertz CT molecular complexity index is 777. The molecule has 0 saturated heterocycles. The number of nitrogens with zero attached hydrogens (tertiary/aromatic N) is 1. The van der Waals surface area contributed by atoms with E-state index in [0.29, 0.717) is 25.9 Å². The Kier molecular flexibility index (Phi) is 10.5. The molecule has 30 heavy (non-hydrogen) atoms. The topological polar surface area (TPSA) is 49.4 Å². The number of thioether (sulfide) groups is 1. The second kappa shape index (κ2) is 13.1. The zero-order chi connectivity index (χ0) is 21.8. The van der Waals surface area contributed by atoms with Crippen molar-refractivity contribution < 1.29 is 9.59 Å². The summed E-state index contributed by atoms with van der Waals surface area (Å²) >= 11 is 1.75. The molecule has 0 radical (unpaired) electrons. The van der Waals surface area contributed by atoms with Crippen LogP contribution in [0, 0.1) is 6.92 Å². The summed E-state index contributed by atoms with van der Waals surface area (Å²) in [5.74, 6) is 1.61. The maximum Gasteiger partial charge on any atom is 0.242 e. The Hall–Kier alpha value is -2.27. The van der Waals surface area contributed by atoms with Gasteiger partial charge in [-0.1, -0.05) is 74.0 Å². The predicted octanol–water partition coefficient (Wildman–Crippen LogP) is 4.95. The molecule has 2 aromatic carbocycles. The zero-order valence-corrected chi connectivity index (χ0v) is 19.2. The quantitative estimate of drug-likeness (QED) is 0.489. The van der Waals surface area contributed by atoms with Gasteiger partial charge in [0.25, 0.3) is 0 Å². The standard InChI is InChI=1S/C25H34N2O2S/c1-4-16-26-25(29)23(5-2)27(18-21-13-11-20(3)12-14-21)24(28)15-17-30-19-22-9-7-6-8-10-22/h6-14,23H,4-5,15-19H2,1-3H3,(H,26,29)/t23-/m0/s1. The number of hydrogen-bond donors (Lipinski definition) is 1. The lowest BCUT2D eigenvalue weighted by molar-refractivity contribution is -0.141. The minimum absolute atomic E-state index is 0.0367. The van der Waals surface area contributed by atoms with E-state index in [1.807, 2.05) is 63.2 Å². The van der Waals surface area contributed by atoms with E-state index in [4.69, 9.17) is 0 Å². The van der Waals surface area contributed by atoms with Crippen molar-refractivity contribution in [3.05, 3.63) is 71.3 Å². The molecule has 0 heterocycles. The lowest BCUT2D eigenvalue weighted by Crippen LogP contribution is -2.49. The fourth-order valence-corrected chi connectivity index (χ4v) is 4.13. The summed E-state index contributed by atoms with van der Waals surface area (Å²) in [7, 11) is 0. The van der Waals surface area contributed by atoms with Crippen LogP contribution < -0.4 is 5.32 Å². The van der Waals surface area contributed by atoms with Crippen molar-refractivity contribution in [3.8, 4) is 0 Å². The zero-order valence-electron chi connectivity index (χ0n) is 18.4. The van der Waals surface area contributed by atoms with Crippen molar-refractivity contribution in [3.63, 3.8) is 0 Å². The minimum Gasteiger partial charge on any atom is -0.354 e. The molecule has 2 rings (SSSR count). The van der Waals surface area contributed by atoms with Gasteiger partial charge in [0.2, 0.25) is 11.8 Å². The first kappa shape index (κ1) is 24.0. The summed E-state index contributed by atoms with van der Waals surface area (Å²) in [4.78, 5) is 27.6. The molecular weight excluding hydrogens is 392 g/mol. The molecular formula is C25H34N2O2S. The summed E-state index contributed by atoms with van der Waals surface area (Å²) in [6.07, 6.45) is 1.91. The van der Waals surface area contributed by atoms with E-state index in [1.54, 1.807) is 16.7 Å². The highest BCUT2D eigenvalue weighted by molar-refractivity contribution is 7.98. The number of benzene rings is 2. The Balaban J connectivity index is 2.03. The number of nitrogens with one attached hydrogen (secondary N) is 1. The first-order valence-electron chi connectivity index (χ1n) is 10.8. The van der Waals surface area contributed by atoms with Crippen molar-refractivity contribution in [1.82, 2.24) is 10.2 Å². The van der Waals surface area contributed by atoms with Crippen LogP contribution in [-0.4, -0.2) is 35.1 Å². The van der Waals surface area contributed by atoms with Crippen LogP contribution in [0.3, 0.4) is 0 Å². The van der Waals surface area contributed by atoms with E-state index in [-0.39, 0.29) is 11.8 Å². The number of rotatable bonds is 12. The molecule has 2 amide bonds. The van der Waals surface area contributed by atoms with Gasteiger partial charge in [-0.05, 0) is 30.9 Å². The highest BCUT2D eigenvalue weighted by Crippen LogP contribution is 2.17. The third-order valence-electron chi connectivity index (χ3n) is 4.98. The molecule has 0 aliphatic heterocycles. The fraction of sp³-hybridized carbons (Fsp3) is 0.440. The van der Waals surface area contributed by atoms with Gasteiger partial charge in [-0.2, -0.15) is 11.8 Å². The number of hydrogen-bond acceptors (Lipinski definition) is 3. The van der Waals surface area contributed by atoms with E-state index >= 15 is 0 Å². The molecule has 1 N–H and O–H groups in total. The van der Waals surface area contributed by atoms with Crippen LogP contribution in [0.25, 0.3) is 0 Å². The number of amides is 2. The SMILES string of the molecule is CCCNC(=O)[C@H](CC)N(Cc1ccc(C)cc1)C(=O)CCSCc1ccccc1. The van der Waals surface area contributed by atoms with Crippen LogP contribution in [0.2, 0.25) is 0 Å². The van der Waals surface area contributed by atoms with Gasteiger partial charge in [0.15, 0.2) is 0 Å². The molecule has 0 saturated carbocycles.